The van der Waals surface area contributed by atoms with Gasteiger partial charge in [0.25, 0.3) is 0 Å². The minimum Gasteiger partial charge on any atom is -0.338 e. The van der Waals surface area contributed by atoms with Gasteiger partial charge in [0.05, 0.1) is 0 Å². The lowest BCUT2D eigenvalue weighted by Crippen LogP contribution is -2.56. The zero-order valence-corrected chi connectivity index (χ0v) is 18.2. The van der Waals surface area contributed by atoms with Crippen molar-refractivity contribution in [2.45, 2.75) is 51.6 Å². The molecule has 1 aromatic heterocycles. The number of amides is 1. The maximum absolute atomic E-state index is 12.3. The highest BCUT2D eigenvalue weighted by Gasteiger charge is 2.38. The van der Waals surface area contributed by atoms with Crippen LogP contribution in [-0.2, 0) is 11.3 Å². The Kier molecular flexibility index (Phi) is 9.95. The Labute approximate surface area is 175 Å². The molecule has 0 radical (unpaired) electrons. The van der Waals surface area contributed by atoms with Crippen LogP contribution in [0.4, 0.5) is 0 Å². The molecular weight excluding hydrogens is 385 g/mol. The fraction of sp³-hybridized carbons (Fsp3) is 0.737. The minimum absolute atomic E-state index is 0. The molecule has 0 saturated carbocycles. The Morgan fingerprint density at radius 3 is 2.56 bits per heavy atom. The summed E-state index contributed by atoms with van der Waals surface area (Å²) in [7, 11) is 1.95. The highest BCUT2D eigenvalue weighted by Crippen LogP contribution is 2.31. The van der Waals surface area contributed by atoms with Gasteiger partial charge in [0.15, 0.2) is 0 Å². The number of carbonyl (C=O) groups is 1. The Hall–Kier alpha value is -0.950. The van der Waals surface area contributed by atoms with Crippen molar-refractivity contribution in [1.82, 2.24) is 25.1 Å². The topological polar surface area (TPSA) is 61.4 Å². The van der Waals surface area contributed by atoms with Gasteiger partial charge in [0.1, 0.15) is 5.82 Å². The van der Waals surface area contributed by atoms with Gasteiger partial charge in [-0.3, -0.25) is 9.69 Å². The number of rotatable bonds is 6. The Morgan fingerprint density at radius 2 is 1.93 bits per heavy atom. The van der Waals surface area contributed by atoms with Crippen LogP contribution in [0.1, 0.15) is 50.4 Å². The van der Waals surface area contributed by atoms with Crippen molar-refractivity contribution in [2.24, 2.45) is 5.92 Å². The molecule has 1 N–H and O–H groups in total. The summed E-state index contributed by atoms with van der Waals surface area (Å²) < 4.78 is 0. The number of hydrogen-bond acceptors (Lipinski definition) is 5. The van der Waals surface area contributed by atoms with Crippen LogP contribution in [0.15, 0.2) is 12.4 Å². The Balaban J connectivity index is 0.00000182. The first-order valence-corrected chi connectivity index (χ1v) is 9.55. The third-order valence-electron chi connectivity index (χ3n) is 5.48. The molecule has 2 atom stereocenters. The predicted molar refractivity (Wildman–Crippen MR) is 113 cm³/mol. The summed E-state index contributed by atoms with van der Waals surface area (Å²) in [5.74, 6) is 2.21. The normalized spacial score (nSPS) is 22.8. The summed E-state index contributed by atoms with van der Waals surface area (Å²) in [4.78, 5) is 25.9. The summed E-state index contributed by atoms with van der Waals surface area (Å²) in [6.07, 6.45) is 6.74. The lowest BCUT2D eigenvalue weighted by Gasteiger charge is -2.47. The van der Waals surface area contributed by atoms with Crippen LogP contribution >= 0.6 is 24.8 Å². The van der Waals surface area contributed by atoms with Crippen LogP contribution < -0.4 is 5.32 Å². The third-order valence-corrected chi connectivity index (χ3v) is 5.48. The first kappa shape index (κ1) is 24.1. The van der Waals surface area contributed by atoms with Crippen molar-refractivity contribution in [1.29, 1.82) is 0 Å². The van der Waals surface area contributed by atoms with Gasteiger partial charge in [-0.2, -0.15) is 0 Å². The summed E-state index contributed by atoms with van der Waals surface area (Å²) >= 11 is 0. The Bertz CT molecular complexity index is 584. The molecule has 3 heterocycles. The molecule has 0 bridgehead atoms. The molecule has 3 rings (SSSR count). The van der Waals surface area contributed by atoms with E-state index in [1.165, 1.54) is 5.56 Å². The van der Waals surface area contributed by atoms with Crippen molar-refractivity contribution in [2.75, 3.05) is 33.2 Å². The molecule has 2 aliphatic heterocycles. The van der Waals surface area contributed by atoms with Crippen molar-refractivity contribution in [3.63, 3.8) is 0 Å². The van der Waals surface area contributed by atoms with Crippen molar-refractivity contribution >= 4 is 30.7 Å². The van der Waals surface area contributed by atoms with E-state index in [4.69, 9.17) is 0 Å². The van der Waals surface area contributed by atoms with E-state index in [1.807, 2.05) is 19.4 Å². The van der Waals surface area contributed by atoms with E-state index in [1.54, 1.807) is 0 Å². The molecule has 6 nitrogen and oxygen atoms in total. The molecule has 2 saturated heterocycles. The Morgan fingerprint density at radius 1 is 1.22 bits per heavy atom. The van der Waals surface area contributed by atoms with E-state index in [0.29, 0.717) is 30.2 Å². The van der Waals surface area contributed by atoms with Crippen molar-refractivity contribution in [3.8, 4) is 0 Å². The van der Waals surface area contributed by atoms with Gasteiger partial charge in [0.2, 0.25) is 5.91 Å². The SMILES string of the molecule is CNCCN1C(=O)CC[C@H]2CN(Cc3cnc(C(C)C)nc3)CC[C@H]21.Cl.Cl. The number of piperidine rings is 2. The summed E-state index contributed by atoms with van der Waals surface area (Å²) in [6.45, 7) is 8.95. The van der Waals surface area contributed by atoms with Crippen LogP contribution in [0.2, 0.25) is 0 Å². The van der Waals surface area contributed by atoms with Gasteiger partial charge in [-0.25, -0.2) is 9.97 Å². The molecule has 2 fully saturated rings. The number of hydrogen-bond donors (Lipinski definition) is 1. The molecule has 8 heteroatoms. The number of halogens is 2. The van der Waals surface area contributed by atoms with E-state index in [-0.39, 0.29) is 24.8 Å². The van der Waals surface area contributed by atoms with Gasteiger partial charge >= 0.3 is 0 Å². The average molecular weight is 418 g/mol. The quantitative estimate of drug-likeness (QED) is 0.769. The van der Waals surface area contributed by atoms with E-state index in [9.17, 15) is 4.79 Å². The van der Waals surface area contributed by atoms with Gasteiger partial charge in [0, 0.05) is 69.1 Å². The fourth-order valence-electron chi connectivity index (χ4n) is 4.10. The first-order chi connectivity index (χ1) is 12.1. The summed E-state index contributed by atoms with van der Waals surface area (Å²) in [6, 6.07) is 0.422. The number of carbonyl (C=O) groups excluding carboxylic acids is 1. The highest BCUT2D eigenvalue weighted by atomic mass is 35.5. The van der Waals surface area contributed by atoms with Crippen LogP contribution in [0.25, 0.3) is 0 Å². The van der Waals surface area contributed by atoms with Crippen molar-refractivity contribution < 1.29 is 4.79 Å². The van der Waals surface area contributed by atoms with Gasteiger partial charge < -0.3 is 10.2 Å². The van der Waals surface area contributed by atoms with E-state index < -0.39 is 0 Å². The van der Waals surface area contributed by atoms with Crippen LogP contribution in [0, 0.1) is 5.92 Å². The maximum Gasteiger partial charge on any atom is 0.222 e. The second-order valence-electron chi connectivity index (χ2n) is 7.68. The maximum atomic E-state index is 12.3. The predicted octanol–water partition coefficient (Wildman–Crippen LogP) is 2.48. The summed E-state index contributed by atoms with van der Waals surface area (Å²) in [5, 5.41) is 3.17. The van der Waals surface area contributed by atoms with Gasteiger partial charge in [-0.1, -0.05) is 13.8 Å². The van der Waals surface area contributed by atoms with Crippen LogP contribution in [-0.4, -0.2) is 64.9 Å². The minimum atomic E-state index is 0. The molecule has 0 unspecified atom stereocenters. The lowest BCUT2D eigenvalue weighted by atomic mass is 9.83. The first-order valence-electron chi connectivity index (χ1n) is 9.55. The number of likely N-dealkylation sites (tertiary alicyclic amines) is 2. The smallest absolute Gasteiger partial charge is 0.222 e. The second kappa shape index (κ2) is 11.1. The molecule has 0 aromatic carbocycles. The number of nitrogens with zero attached hydrogens (tertiary/aromatic N) is 4. The largest absolute Gasteiger partial charge is 0.338 e. The summed E-state index contributed by atoms with van der Waals surface area (Å²) in [5.41, 5.74) is 1.18. The number of likely N-dealkylation sites (N-methyl/N-ethyl adjacent to an activating group) is 1. The molecule has 0 spiro atoms. The monoisotopic (exact) mass is 417 g/mol. The van der Waals surface area contributed by atoms with E-state index >= 15 is 0 Å². The van der Waals surface area contributed by atoms with Crippen molar-refractivity contribution in [3.05, 3.63) is 23.8 Å². The zero-order chi connectivity index (χ0) is 17.8. The number of fused-ring (bicyclic) bond motifs is 1. The average Bonchev–Trinajstić information content (AvgIpc) is 2.61. The molecule has 1 aromatic rings. The molecular formula is C19H33Cl2N5O. The molecule has 1 amide bonds. The van der Waals surface area contributed by atoms with E-state index in [0.717, 1.165) is 51.4 Å². The van der Waals surface area contributed by atoms with Crippen LogP contribution in [0.3, 0.4) is 0 Å². The lowest BCUT2D eigenvalue weighted by molar-refractivity contribution is -0.141. The van der Waals surface area contributed by atoms with E-state index in [2.05, 4.69) is 38.9 Å². The zero-order valence-electron chi connectivity index (χ0n) is 16.6. The number of nitrogens with one attached hydrogen (secondary N) is 1. The second-order valence-corrected chi connectivity index (χ2v) is 7.68. The number of aromatic nitrogens is 2. The van der Waals surface area contributed by atoms with Gasteiger partial charge in [-0.05, 0) is 25.8 Å². The fourth-order valence-corrected chi connectivity index (χ4v) is 4.10. The standard InChI is InChI=1S/C19H31N5O.2ClH/c1-14(2)19-21-10-15(11-22-19)12-23-8-6-17-16(13-23)4-5-18(25)24(17)9-7-20-3;;/h10-11,14,16-17,20H,4-9,12-13H2,1-3H3;2*1H/t16-,17+;;/m0../s1. The highest BCUT2D eigenvalue weighted by molar-refractivity contribution is 5.85. The van der Waals surface area contributed by atoms with Crippen LogP contribution in [0.5, 0.6) is 0 Å². The molecule has 0 aliphatic carbocycles. The molecule has 154 valence electrons. The molecule has 2 aliphatic rings. The molecule has 27 heavy (non-hydrogen) atoms. The third kappa shape index (κ3) is 6.01. The van der Waals surface area contributed by atoms with Gasteiger partial charge in [-0.15, -0.1) is 24.8 Å².